The fraction of sp³-hybridized carbons (Fsp3) is 0.500. The van der Waals surface area contributed by atoms with Crippen LogP contribution < -0.4 is 4.90 Å². The first-order valence-electron chi connectivity index (χ1n) is 8.09. The highest BCUT2D eigenvalue weighted by molar-refractivity contribution is 5.93. The molecule has 1 saturated heterocycles. The van der Waals surface area contributed by atoms with Gasteiger partial charge in [0.15, 0.2) is 0 Å². The van der Waals surface area contributed by atoms with E-state index < -0.39 is 5.97 Å². The maximum absolute atomic E-state index is 11.2. The van der Waals surface area contributed by atoms with E-state index in [4.69, 9.17) is 0 Å². The number of hydrogen-bond donors (Lipinski definition) is 2. The number of anilines is 1. The summed E-state index contributed by atoms with van der Waals surface area (Å²) in [4.78, 5) is 17.3. The summed E-state index contributed by atoms with van der Waals surface area (Å²) in [5, 5.41) is 10.5. The second-order valence-electron chi connectivity index (χ2n) is 7.33. The lowest BCUT2D eigenvalue weighted by atomic mass is 9.79. The van der Waals surface area contributed by atoms with Crippen molar-refractivity contribution < 1.29 is 9.90 Å². The third-order valence-corrected chi connectivity index (χ3v) is 5.39. The molecule has 0 spiro atoms. The van der Waals surface area contributed by atoms with Gasteiger partial charge >= 0.3 is 5.97 Å². The number of aromatic nitrogens is 1. The number of piperidine rings is 1. The minimum atomic E-state index is -0.748. The monoisotopic (exact) mass is 298 g/mol. The zero-order valence-electron chi connectivity index (χ0n) is 13.1. The number of rotatable bonds is 3. The minimum absolute atomic E-state index is 0.142. The average molecular weight is 298 g/mol. The van der Waals surface area contributed by atoms with Crippen molar-refractivity contribution in [2.24, 2.45) is 0 Å². The first kappa shape index (κ1) is 13.7. The summed E-state index contributed by atoms with van der Waals surface area (Å²) in [6.07, 6.45) is 2.62. The number of carboxylic acids is 1. The second kappa shape index (κ2) is 4.51. The largest absolute Gasteiger partial charge is 0.481 e. The zero-order valence-corrected chi connectivity index (χ0v) is 13.1. The molecule has 4 nitrogen and oxygen atoms in total. The van der Waals surface area contributed by atoms with Crippen molar-refractivity contribution in [1.29, 1.82) is 0 Å². The van der Waals surface area contributed by atoms with E-state index in [2.05, 4.69) is 28.1 Å². The third kappa shape index (κ3) is 1.86. The molecule has 5 rings (SSSR count). The Hall–Kier alpha value is -1.97. The van der Waals surface area contributed by atoms with Gasteiger partial charge < -0.3 is 15.0 Å². The van der Waals surface area contributed by atoms with Crippen LogP contribution in [0.2, 0.25) is 0 Å². The Balaban J connectivity index is 1.92. The van der Waals surface area contributed by atoms with Crippen LogP contribution >= 0.6 is 0 Å². The van der Waals surface area contributed by atoms with E-state index in [1.807, 2.05) is 13.8 Å². The van der Waals surface area contributed by atoms with Gasteiger partial charge in [-0.1, -0.05) is 32.0 Å². The summed E-state index contributed by atoms with van der Waals surface area (Å²) in [5.41, 5.74) is 3.33. The van der Waals surface area contributed by atoms with E-state index in [1.54, 1.807) is 0 Å². The van der Waals surface area contributed by atoms with Crippen molar-refractivity contribution in [1.82, 2.24) is 4.98 Å². The number of carbonyl (C=O) groups is 1. The number of hydrogen-bond acceptors (Lipinski definition) is 2. The van der Waals surface area contributed by atoms with E-state index in [9.17, 15) is 9.90 Å². The smallest absolute Gasteiger partial charge is 0.304 e. The van der Waals surface area contributed by atoms with Gasteiger partial charge in [-0.2, -0.15) is 0 Å². The fourth-order valence-electron chi connectivity index (χ4n) is 4.32. The molecule has 2 bridgehead atoms. The van der Waals surface area contributed by atoms with Crippen LogP contribution in [0.25, 0.3) is 10.9 Å². The maximum Gasteiger partial charge on any atom is 0.304 e. The van der Waals surface area contributed by atoms with Crippen molar-refractivity contribution in [3.05, 3.63) is 29.3 Å². The number of aromatic amines is 1. The number of nitrogens with one attached hydrogen (secondary N) is 1. The van der Waals surface area contributed by atoms with Crippen molar-refractivity contribution in [2.75, 3.05) is 18.0 Å². The predicted octanol–water partition coefficient (Wildman–Crippen LogP) is 3.62. The van der Waals surface area contributed by atoms with Crippen LogP contribution in [0.15, 0.2) is 18.2 Å². The van der Waals surface area contributed by atoms with E-state index >= 15 is 0 Å². The van der Waals surface area contributed by atoms with E-state index in [0.717, 1.165) is 24.2 Å². The fourth-order valence-corrected chi connectivity index (χ4v) is 4.32. The number of aliphatic carboxylic acids is 1. The Kier molecular flexibility index (Phi) is 2.80. The molecular weight excluding hydrogens is 276 g/mol. The molecule has 3 aliphatic rings. The maximum atomic E-state index is 11.2. The summed E-state index contributed by atoms with van der Waals surface area (Å²) in [5.74, 6) is 1.19. The Morgan fingerprint density at radius 3 is 2.77 bits per heavy atom. The Labute approximate surface area is 130 Å². The van der Waals surface area contributed by atoms with Gasteiger partial charge in [0, 0.05) is 29.5 Å². The molecule has 0 aliphatic carbocycles. The molecule has 1 aromatic heterocycles. The molecule has 4 heterocycles. The molecule has 22 heavy (non-hydrogen) atoms. The molecule has 116 valence electrons. The summed E-state index contributed by atoms with van der Waals surface area (Å²) < 4.78 is 0. The number of para-hydroxylation sites is 1. The van der Waals surface area contributed by atoms with Crippen molar-refractivity contribution in [3.63, 3.8) is 0 Å². The standard InChI is InChI=1S/C18H22N2O2/c1-18(2,10-14(21)22)13-5-3-4-12-15-11-6-8-20(9-7-11)17(15)19-16(12)13/h3-5,11,19H,6-10H2,1-2H3,(H,21,22). The van der Waals surface area contributed by atoms with Crippen LogP contribution in [0.3, 0.4) is 0 Å². The third-order valence-electron chi connectivity index (χ3n) is 5.39. The molecule has 0 unspecified atom stereocenters. The molecule has 1 aromatic carbocycles. The lowest BCUT2D eigenvalue weighted by Gasteiger charge is -2.40. The van der Waals surface area contributed by atoms with E-state index in [1.165, 1.54) is 29.6 Å². The topological polar surface area (TPSA) is 56.3 Å². The molecule has 0 saturated carbocycles. The van der Waals surface area contributed by atoms with Gasteiger partial charge in [-0.3, -0.25) is 4.79 Å². The van der Waals surface area contributed by atoms with Gasteiger partial charge in [0.05, 0.1) is 11.9 Å². The van der Waals surface area contributed by atoms with Crippen LogP contribution in [0.4, 0.5) is 5.82 Å². The number of nitrogens with zero attached hydrogens (tertiary/aromatic N) is 1. The zero-order chi connectivity index (χ0) is 15.5. The number of carboxylic acid groups (broad SMARTS) is 1. The molecule has 4 heteroatoms. The van der Waals surface area contributed by atoms with E-state index in [-0.39, 0.29) is 11.8 Å². The minimum Gasteiger partial charge on any atom is -0.481 e. The lowest BCUT2D eigenvalue weighted by molar-refractivity contribution is -0.138. The second-order valence-corrected chi connectivity index (χ2v) is 7.33. The average Bonchev–Trinajstić information content (AvgIpc) is 2.88. The number of H-pyrrole nitrogens is 1. The van der Waals surface area contributed by atoms with Gasteiger partial charge in [0.25, 0.3) is 0 Å². The molecule has 3 aliphatic heterocycles. The first-order chi connectivity index (χ1) is 10.5. The van der Waals surface area contributed by atoms with Gasteiger partial charge in [-0.25, -0.2) is 0 Å². The first-order valence-corrected chi connectivity index (χ1v) is 8.09. The Bertz CT molecular complexity index is 752. The highest BCUT2D eigenvalue weighted by atomic mass is 16.4. The summed E-state index contributed by atoms with van der Waals surface area (Å²) >= 11 is 0. The van der Waals surface area contributed by atoms with Crippen LogP contribution in [-0.4, -0.2) is 29.1 Å². The van der Waals surface area contributed by atoms with Crippen molar-refractivity contribution in [2.45, 2.75) is 44.4 Å². The molecule has 2 N–H and O–H groups in total. The van der Waals surface area contributed by atoms with Crippen molar-refractivity contribution in [3.8, 4) is 0 Å². The Morgan fingerprint density at radius 2 is 2.09 bits per heavy atom. The number of fused-ring (bicyclic) bond motifs is 3. The van der Waals surface area contributed by atoms with Crippen LogP contribution in [0, 0.1) is 0 Å². The molecule has 1 fully saturated rings. The highest BCUT2D eigenvalue weighted by Crippen LogP contribution is 2.47. The molecule has 2 aromatic rings. The van der Waals surface area contributed by atoms with Crippen LogP contribution in [0.5, 0.6) is 0 Å². The van der Waals surface area contributed by atoms with Gasteiger partial charge in [-0.05, 0) is 24.3 Å². The summed E-state index contributed by atoms with van der Waals surface area (Å²) in [6, 6.07) is 6.34. The number of benzene rings is 1. The Morgan fingerprint density at radius 1 is 1.36 bits per heavy atom. The van der Waals surface area contributed by atoms with Gasteiger partial charge in [0.1, 0.15) is 5.82 Å². The van der Waals surface area contributed by atoms with Crippen LogP contribution in [0.1, 0.15) is 50.2 Å². The SMILES string of the molecule is CC(C)(CC(=O)O)c1cccc2c3c([nH]c12)N1CCC3CC1. The normalized spacial score (nSPS) is 18.0. The summed E-state index contributed by atoms with van der Waals surface area (Å²) in [6.45, 7) is 6.31. The van der Waals surface area contributed by atoms with Gasteiger partial charge in [-0.15, -0.1) is 0 Å². The molecule has 0 radical (unpaired) electrons. The molecule has 0 amide bonds. The van der Waals surface area contributed by atoms with Crippen LogP contribution in [-0.2, 0) is 10.2 Å². The molecule has 0 atom stereocenters. The van der Waals surface area contributed by atoms with Gasteiger partial charge in [0.2, 0.25) is 0 Å². The molecular formula is C18H22N2O2. The highest BCUT2D eigenvalue weighted by Gasteiger charge is 2.35. The lowest BCUT2D eigenvalue weighted by Crippen LogP contribution is -2.38. The van der Waals surface area contributed by atoms with E-state index in [0.29, 0.717) is 5.92 Å². The quantitative estimate of drug-likeness (QED) is 0.910. The summed E-state index contributed by atoms with van der Waals surface area (Å²) in [7, 11) is 0. The van der Waals surface area contributed by atoms with Crippen molar-refractivity contribution >= 4 is 22.7 Å². The predicted molar refractivity (Wildman–Crippen MR) is 87.8 cm³/mol.